The second-order valence-electron chi connectivity index (χ2n) is 14.2. The molecule has 4 aliphatic rings. The van der Waals surface area contributed by atoms with E-state index in [1.54, 1.807) is 23.6 Å². The van der Waals surface area contributed by atoms with Gasteiger partial charge in [0.1, 0.15) is 40.6 Å². The number of nitrogen functional groups attached to an aromatic ring is 2. The summed E-state index contributed by atoms with van der Waals surface area (Å²) in [4.78, 5) is 17.0. The van der Waals surface area contributed by atoms with Gasteiger partial charge in [0.2, 0.25) is 11.8 Å². The molecule has 0 spiro atoms. The molecule has 0 aliphatic carbocycles. The second-order valence-corrected chi connectivity index (χ2v) is 17.7. The Hall–Kier alpha value is -4.63. The van der Waals surface area contributed by atoms with E-state index in [0.29, 0.717) is 29.1 Å². The molecule has 4 aliphatic heterocycles. The second kappa shape index (κ2) is 14.0. The highest BCUT2D eigenvalue weighted by Gasteiger charge is 2.63. The molecule has 5 aromatic rings. The van der Waals surface area contributed by atoms with Crippen molar-refractivity contribution in [2.45, 2.75) is 76.0 Å². The van der Waals surface area contributed by atoms with Gasteiger partial charge in [0, 0.05) is 17.8 Å². The van der Waals surface area contributed by atoms with Gasteiger partial charge in [0.05, 0.1) is 38.0 Å². The zero-order valence-corrected chi connectivity index (χ0v) is 33.2. The SMILES string of the molecule is CCOc1cc(N)cc2c1ncn2[C@@H]1O[C@@H]2OCP(=O)(Oc3cccc(OP4(=O)OC[C@H]5O[C@@H](n6cnc7c(OCC)nc(N)nc76)[C@](C)(F)[C@@H]5O4)c3)O[C@H]2[C@@]1(C)O. The highest BCUT2D eigenvalue weighted by Crippen LogP contribution is 2.61. The fraction of sp³-hybridized carbons (Fsp3) is 0.471. The molecular formula is C34H39FN8O13P2. The Morgan fingerprint density at radius 1 is 0.931 bits per heavy atom. The topological polar surface area (TPSA) is 260 Å². The number of halogens is 1. The lowest BCUT2D eigenvalue weighted by Gasteiger charge is -2.35. The van der Waals surface area contributed by atoms with Crippen LogP contribution in [0.2, 0.25) is 0 Å². The number of phosphoric ester groups is 1. The number of rotatable bonds is 10. The molecule has 0 bridgehead atoms. The zero-order valence-electron chi connectivity index (χ0n) is 31.4. The van der Waals surface area contributed by atoms with Gasteiger partial charge in [-0.15, -0.1) is 0 Å². The number of nitrogens with zero attached hydrogens (tertiary/aromatic N) is 6. The van der Waals surface area contributed by atoms with Crippen molar-refractivity contribution in [3.8, 4) is 23.1 Å². The van der Waals surface area contributed by atoms with Crippen LogP contribution >= 0.6 is 15.4 Å². The summed E-state index contributed by atoms with van der Waals surface area (Å²) in [5, 5.41) is 11.8. The summed E-state index contributed by atoms with van der Waals surface area (Å²) >= 11 is 0. The maximum absolute atomic E-state index is 16.7. The molecule has 10 atom stereocenters. The molecule has 4 fully saturated rings. The number of imidazole rings is 2. The van der Waals surface area contributed by atoms with Crippen LogP contribution < -0.4 is 30.0 Å². The smallest absolute Gasteiger partial charge is 0.491 e. The van der Waals surface area contributed by atoms with E-state index in [0.717, 1.165) is 0 Å². The van der Waals surface area contributed by atoms with E-state index in [2.05, 4.69) is 19.9 Å². The third kappa shape index (κ3) is 6.52. The normalized spacial score (nSPS) is 34.5. The molecule has 5 N–H and O–H groups in total. The van der Waals surface area contributed by atoms with Crippen LogP contribution in [-0.2, 0) is 36.9 Å². The van der Waals surface area contributed by atoms with Crippen molar-refractivity contribution in [1.29, 1.82) is 0 Å². The van der Waals surface area contributed by atoms with E-state index in [9.17, 15) is 14.2 Å². The average Bonchev–Trinajstić information content (AvgIpc) is 3.89. The molecule has 7 heterocycles. The van der Waals surface area contributed by atoms with E-state index in [-0.39, 0.29) is 47.7 Å². The highest BCUT2D eigenvalue weighted by atomic mass is 31.2. The summed E-state index contributed by atoms with van der Waals surface area (Å²) < 4.78 is 105. The van der Waals surface area contributed by atoms with Gasteiger partial charge in [-0.2, -0.15) is 9.97 Å². The van der Waals surface area contributed by atoms with E-state index in [4.69, 9.17) is 57.8 Å². The average molecular weight is 849 g/mol. The molecule has 0 amide bonds. The molecular weight excluding hydrogens is 809 g/mol. The fourth-order valence-corrected chi connectivity index (χ4v) is 10.5. The first kappa shape index (κ1) is 38.9. The molecule has 2 aromatic carbocycles. The maximum atomic E-state index is 16.7. The number of anilines is 2. The standard InChI is InChI=1S/C34H39FN8O13P2/c1-5-47-21-11-17(36)10-20-23(21)38-14-42(20)31-34(4,44)26-29(52-31)49-16-57(45,55-26)53-18-8-7-9-19(12-18)54-58(46)50-13-22-25(56-58)33(3,35)30(51-22)43-15-39-24-27(43)40-32(37)41-28(24)48-6-2/h7-12,14-15,22,25-26,29-31,44H,5-6,13,16,36H2,1-4H3,(H2,37,40,41)/t22-,25-,26-,29+,30-,31-,33-,34-,57?,58?/m1/s1. The van der Waals surface area contributed by atoms with Crippen LogP contribution in [0.15, 0.2) is 49.1 Å². The lowest BCUT2D eigenvalue weighted by atomic mass is 9.98. The minimum atomic E-state index is -4.50. The van der Waals surface area contributed by atoms with Crippen LogP contribution in [0.3, 0.4) is 0 Å². The Morgan fingerprint density at radius 3 is 2.45 bits per heavy atom. The van der Waals surface area contributed by atoms with Crippen molar-refractivity contribution in [3.05, 3.63) is 49.1 Å². The number of ether oxygens (including phenoxy) is 5. The molecule has 58 heavy (non-hydrogen) atoms. The first-order valence-corrected chi connectivity index (χ1v) is 21.4. The summed E-state index contributed by atoms with van der Waals surface area (Å²) in [5.41, 5.74) is 9.69. The highest BCUT2D eigenvalue weighted by molar-refractivity contribution is 7.54. The molecule has 9 rings (SSSR count). The van der Waals surface area contributed by atoms with E-state index < -0.39 is 70.1 Å². The van der Waals surface area contributed by atoms with Crippen molar-refractivity contribution in [2.75, 3.05) is 37.6 Å². The van der Waals surface area contributed by atoms with Gasteiger partial charge in [-0.1, -0.05) is 6.07 Å². The van der Waals surface area contributed by atoms with Crippen molar-refractivity contribution in [1.82, 2.24) is 29.1 Å². The van der Waals surface area contributed by atoms with Crippen molar-refractivity contribution in [2.24, 2.45) is 0 Å². The molecule has 310 valence electrons. The lowest BCUT2D eigenvalue weighted by Crippen LogP contribution is -2.47. The number of fused-ring (bicyclic) bond motifs is 4. The molecule has 24 heteroatoms. The minimum Gasteiger partial charge on any atom is -0.491 e. The van der Waals surface area contributed by atoms with Gasteiger partial charge in [0.15, 0.2) is 48.0 Å². The van der Waals surface area contributed by atoms with Gasteiger partial charge >= 0.3 is 15.4 Å². The number of nitrogens with two attached hydrogens (primary N) is 2. The molecule has 0 saturated carbocycles. The van der Waals surface area contributed by atoms with Crippen LogP contribution in [0.25, 0.3) is 22.2 Å². The third-order valence-electron chi connectivity index (χ3n) is 10.0. The van der Waals surface area contributed by atoms with Gasteiger partial charge in [0.25, 0.3) is 0 Å². The summed E-state index contributed by atoms with van der Waals surface area (Å²) in [6.07, 6.45) is -5.07. The van der Waals surface area contributed by atoms with E-state index >= 15 is 4.39 Å². The van der Waals surface area contributed by atoms with Gasteiger partial charge in [-0.3, -0.25) is 18.1 Å². The monoisotopic (exact) mass is 848 g/mol. The Labute approximate surface area is 328 Å². The van der Waals surface area contributed by atoms with E-state index in [1.165, 1.54) is 55.3 Å². The minimum absolute atomic E-state index is 0.0433. The van der Waals surface area contributed by atoms with Crippen LogP contribution in [0.4, 0.5) is 16.0 Å². The Morgan fingerprint density at radius 2 is 1.67 bits per heavy atom. The summed E-state index contributed by atoms with van der Waals surface area (Å²) in [7, 11) is -8.64. The fourth-order valence-electron chi connectivity index (χ4n) is 7.46. The number of aromatic nitrogens is 6. The quantitative estimate of drug-likeness (QED) is 0.128. The zero-order chi connectivity index (χ0) is 40.8. The molecule has 4 saturated heterocycles. The Bertz CT molecular complexity index is 2340. The number of phosphoric acid groups is 1. The van der Waals surface area contributed by atoms with Crippen molar-refractivity contribution in [3.63, 3.8) is 0 Å². The molecule has 3 aromatic heterocycles. The lowest BCUT2D eigenvalue weighted by molar-refractivity contribution is -0.178. The van der Waals surface area contributed by atoms with Gasteiger partial charge in [-0.25, -0.2) is 23.5 Å². The maximum Gasteiger partial charge on any atom is 0.530 e. The van der Waals surface area contributed by atoms with E-state index in [1.807, 2.05) is 6.92 Å². The predicted molar refractivity (Wildman–Crippen MR) is 199 cm³/mol. The number of hydrogen-bond donors (Lipinski definition) is 3. The number of alkyl halides is 1. The predicted octanol–water partition coefficient (Wildman–Crippen LogP) is 4.62. The Balaban J connectivity index is 0.892. The van der Waals surface area contributed by atoms with Gasteiger partial charge < -0.3 is 53.9 Å². The largest absolute Gasteiger partial charge is 0.530 e. The number of aliphatic hydroxyl groups is 1. The van der Waals surface area contributed by atoms with Crippen LogP contribution in [0.5, 0.6) is 23.1 Å². The van der Waals surface area contributed by atoms with Crippen molar-refractivity contribution < 1.29 is 64.9 Å². The summed E-state index contributed by atoms with van der Waals surface area (Å²) in [5.74, 6) is 0.321. The molecule has 21 nitrogen and oxygen atoms in total. The Kier molecular flexibility index (Phi) is 9.38. The number of hydrogen-bond acceptors (Lipinski definition) is 19. The third-order valence-corrected chi connectivity index (χ3v) is 12.9. The number of benzene rings is 2. The van der Waals surface area contributed by atoms with Crippen LogP contribution in [-0.4, -0.2) is 96.2 Å². The van der Waals surface area contributed by atoms with Crippen molar-refractivity contribution >= 4 is 49.3 Å². The first-order chi connectivity index (χ1) is 27.6. The first-order valence-electron chi connectivity index (χ1n) is 18.2. The molecule has 0 radical (unpaired) electrons. The van der Waals surface area contributed by atoms with Gasteiger partial charge in [-0.05, 0) is 45.9 Å². The van der Waals surface area contributed by atoms with Crippen LogP contribution in [0, 0.1) is 0 Å². The molecule has 2 unspecified atom stereocenters. The van der Waals surface area contributed by atoms with Crippen LogP contribution in [0.1, 0.15) is 40.2 Å². The summed E-state index contributed by atoms with van der Waals surface area (Å²) in [6, 6.07) is 8.89. The summed E-state index contributed by atoms with van der Waals surface area (Å²) in [6.45, 7) is 6.56.